The molecule has 178 valence electrons. The molecular formula is C25H19Cl2N3O5. The number of amides is 3. The van der Waals surface area contributed by atoms with Crippen molar-refractivity contribution in [3.05, 3.63) is 87.5 Å². The highest BCUT2D eigenvalue weighted by Gasteiger charge is 2.40. The molecule has 8 nitrogen and oxygen atoms in total. The molecule has 3 N–H and O–H groups in total. The molecule has 3 aromatic rings. The standard InChI is InChI=1S/C25H19Cl2N3O5/c1-13-6-9-20(35-2)18(10-13)30-24(33)21(27)22(25(30)34)28-16-5-3-4-14(11-16)23(32)29-17-12-15(26)7-8-19(17)31/h3-12,28,31H,1-2H3,(H,29,32). The van der Waals surface area contributed by atoms with E-state index in [1.54, 1.807) is 36.4 Å². The lowest BCUT2D eigenvalue weighted by atomic mass is 10.1. The number of methoxy groups -OCH3 is 1. The number of carbonyl (C=O) groups is 3. The van der Waals surface area contributed by atoms with Gasteiger partial charge in [0.15, 0.2) is 0 Å². The Balaban J connectivity index is 1.58. The zero-order valence-electron chi connectivity index (χ0n) is 18.6. The van der Waals surface area contributed by atoms with Crippen molar-refractivity contribution in [2.75, 3.05) is 22.6 Å². The first-order chi connectivity index (χ1) is 16.7. The molecule has 0 unspecified atom stereocenters. The molecule has 0 atom stereocenters. The summed E-state index contributed by atoms with van der Waals surface area (Å²) in [5.41, 5.74) is 1.67. The molecule has 0 saturated carbocycles. The first kappa shape index (κ1) is 24.1. The summed E-state index contributed by atoms with van der Waals surface area (Å²) < 4.78 is 5.31. The summed E-state index contributed by atoms with van der Waals surface area (Å²) in [5, 5.41) is 15.4. The van der Waals surface area contributed by atoms with E-state index in [4.69, 9.17) is 27.9 Å². The number of carbonyl (C=O) groups excluding carboxylic acids is 3. The zero-order valence-corrected chi connectivity index (χ0v) is 20.1. The number of hydrogen-bond acceptors (Lipinski definition) is 6. The topological polar surface area (TPSA) is 108 Å². The quantitative estimate of drug-likeness (QED) is 0.315. The number of benzene rings is 3. The number of aromatic hydroxyl groups is 1. The highest BCUT2D eigenvalue weighted by molar-refractivity contribution is 6.53. The Morgan fingerprint density at radius 2 is 1.77 bits per heavy atom. The van der Waals surface area contributed by atoms with Crippen molar-refractivity contribution < 1.29 is 24.2 Å². The molecule has 10 heteroatoms. The second-order valence-corrected chi connectivity index (χ2v) is 8.45. The number of phenols is 1. The largest absolute Gasteiger partial charge is 0.506 e. The Morgan fingerprint density at radius 3 is 2.51 bits per heavy atom. The Kier molecular flexibility index (Phi) is 6.68. The third-order valence-corrected chi connectivity index (χ3v) is 5.79. The monoisotopic (exact) mass is 511 g/mol. The smallest absolute Gasteiger partial charge is 0.283 e. The second kappa shape index (κ2) is 9.69. The van der Waals surface area contributed by atoms with Gasteiger partial charge in [-0.05, 0) is 61.0 Å². The third kappa shape index (κ3) is 4.80. The van der Waals surface area contributed by atoms with Gasteiger partial charge >= 0.3 is 0 Å². The lowest BCUT2D eigenvalue weighted by Crippen LogP contribution is -2.32. The molecule has 0 aromatic heterocycles. The molecule has 0 bridgehead atoms. The second-order valence-electron chi connectivity index (χ2n) is 7.63. The summed E-state index contributed by atoms with van der Waals surface area (Å²) in [7, 11) is 1.44. The van der Waals surface area contributed by atoms with Crippen molar-refractivity contribution in [2.45, 2.75) is 6.92 Å². The van der Waals surface area contributed by atoms with E-state index in [9.17, 15) is 19.5 Å². The average Bonchev–Trinajstić information content (AvgIpc) is 3.04. The van der Waals surface area contributed by atoms with E-state index in [1.807, 2.05) is 6.92 Å². The zero-order chi connectivity index (χ0) is 25.3. The molecule has 3 aromatic carbocycles. The van der Waals surface area contributed by atoms with Gasteiger partial charge in [-0.3, -0.25) is 14.4 Å². The highest BCUT2D eigenvalue weighted by atomic mass is 35.5. The van der Waals surface area contributed by atoms with Crippen LogP contribution in [-0.4, -0.2) is 29.9 Å². The van der Waals surface area contributed by atoms with E-state index in [2.05, 4.69) is 10.6 Å². The SMILES string of the molecule is COc1ccc(C)cc1N1C(=O)C(Cl)=C(Nc2cccc(C(=O)Nc3cc(Cl)ccc3O)c2)C1=O. The predicted molar refractivity (Wildman–Crippen MR) is 134 cm³/mol. The van der Waals surface area contributed by atoms with Crippen molar-refractivity contribution >= 4 is 58.0 Å². The van der Waals surface area contributed by atoms with Gasteiger partial charge in [-0.2, -0.15) is 0 Å². The van der Waals surface area contributed by atoms with Gasteiger partial charge in [-0.15, -0.1) is 0 Å². The molecule has 0 spiro atoms. The number of rotatable bonds is 6. The van der Waals surface area contributed by atoms with Crippen LogP contribution in [0.1, 0.15) is 15.9 Å². The Hall–Kier alpha value is -4.01. The molecule has 1 heterocycles. The van der Waals surface area contributed by atoms with Crippen LogP contribution in [0.15, 0.2) is 71.4 Å². The van der Waals surface area contributed by atoms with Crippen molar-refractivity contribution in [2.24, 2.45) is 0 Å². The predicted octanol–water partition coefficient (Wildman–Crippen LogP) is 5.05. The molecule has 4 rings (SSSR count). The van der Waals surface area contributed by atoms with Crippen LogP contribution in [0.3, 0.4) is 0 Å². The normalized spacial score (nSPS) is 13.3. The van der Waals surface area contributed by atoms with Gasteiger partial charge in [0.2, 0.25) is 0 Å². The van der Waals surface area contributed by atoms with Gasteiger partial charge in [-0.25, -0.2) is 4.90 Å². The summed E-state index contributed by atoms with van der Waals surface area (Å²) >= 11 is 12.2. The third-order valence-electron chi connectivity index (χ3n) is 5.20. The summed E-state index contributed by atoms with van der Waals surface area (Å²) in [5.74, 6) is -1.69. The number of anilines is 3. The Bertz CT molecular complexity index is 1400. The first-order valence-electron chi connectivity index (χ1n) is 10.3. The number of nitrogens with one attached hydrogen (secondary N) is 2. The molecule has 0 aliphatic carbocycles. The maximum atomic E-state index is 13.2. The van der Waals surface area contributed by atoms with Gasteiger partial charge in [0.05, 0.1) is 18.5 Å². The minimum absolute atomic E-state index is 0.134. The number of phenolic OH excluding ortho intramolecular Hbond substituents is 1. The van der Waals surface area contributed by atoms with Crippen LogP contribution in [0.5, 0.6) is 11.5 Å². The van der Waals surface area contributed by atoms with Gasteiger partial charge < -0.3 is 20.5 Å². The molecule has 0 fully saturated rings. The lowest BCUT2D eigenvalue weighted by molar-refractivity contribution is -0.120. The van der Waals surface area contributed by atoms with E-state index >= 15 is 0 Å². The van der Waals surface area contributed by atoms with Crippen LogP contribution in [0.25, 0.3) is 0 Å². The van der Waals surface area contributed by atoms with E-state index < -0.39 is 17.7 Å². The molecule has 3 amide bonds. The summed E-state index contributed by atoms with van der Waals surface area (Å²) in [6.07, 6.45) is 0. The Morgan fingerprint density at radius 1 is 1.00 bits per heavy atom. The first-order valence-corrected chi connectivity index (χ1v) is 11.1. The number of ether oxygens (including phenoxy) is 1. The molecular weight excluding hydrogens is 493 g/mol. The van der Waals surface area contributed by atoms with Crippen molar-refractivity contribution in [3.63, 3.8) is 0 Å². The lowest BCUT2D eigenvalue weighted by Gasteiger charge is -2.18. The van der Waals surface area contributed by atoms with Crippen LogP contribution in [0.2, 0.25) is 5.02 Å². The van der Waals surface area contributed by atoms with Gasteiger partial charge in [-0.1, -0.05) is 35.3 Å². The molecule has 1 aliphatic heterocycles. The van der Waals surface area contributed by atoms with E-state index in [0.29, 0.717) is 16.5 Å². The van der Waals surface area contributed by atoms with Crippen LogP contribution in [-0.2, 0) is 9.59 Å². The number of hydrogen-bond donors (Lipinski definition) is 3. The van der Waals surface area contributed by atoms with Crippen molar-refractivity contribution in [1.82, 2.24) is 0 Å². The summed E-state index contributed by atoms with van der Waals surface area (Å²) in [4.78, 5) is 39.7. The van der Waals surface area contributed by atoms with Crippen molar-refractivity contribution in [3.8, 4) is 11.5 Å². The van der Waals surface area contributed by atoms with E-state index in [-0.39, 0.29) is 33.4 Å². The van der Waals surface area contributed by atoms with Gasteiger partial charge in [0.25, 0.3) is 17.7 Å². The van der Waals surface area contributed by atoms with Crippen LogP contribution in [0.4, 0.5) is 17.1 Å². The van der Waals surface area contributed by atoms with Gasteiger partial charge in [0.1, 0.15) is 22.2 Å². The van der Waals surface area contributed by atoms with E-state index in [0.717, 1.165) is 10.5 Å². The minimum Gasteiger partial charge on any atom is -0.506 e. The number of aryl methyl sites for hydroxylation is 1. The highest BCUT2D eigenvalue weighted by Crippen LogP contribution is 2.36. The number of halogens is 2. The number of nitrogens with zero attached hydrogens (tertiary/aromatic N) is 1. The van der Waals surface area contributed by atoms with Gasteiger partial charge in [0, 0.05) is 16.3 Å². The van der Waals surface area contributed by atoms with Crippen LogP contribution < -0.4 is 20.3 Å². The summed E-state index contributed by atoms with van der Waals surface area (Å²) in [6.45, 7) is 1.82. The van der Waals surface area contributed by atoms with Crippen LogP contribution in [0, 0.1) is 6.92 Å². The van der Waals surface area contributed by atoms with Crippen molar-refractivity contribution in [1.29, 1.82) is 0 Å². The fourth-order valence-corrected chi connectivity index (χ4v) is 3.87. The fourth-order valence-electron chi connectivity index (χ4n) is 3.49. The maximum Gasteiger partial charge on any atom is 0.283 e. The average molecular weight is 512 g/mol. The maximum absolute atomic E-state index is 13.2. The molecule has 0 saturated heterocycles. The molecule has 1 aliphatic rings. The fraction of sp³-hybridized carbons (Fsp3) is 0.0800. The Labute approximate surface area is 210 Å². The van der Waals surface area contributed by atoms with Crippen LogP contribution >= 0.6 is 23.2 Å². The number of imide groups is 1. The minimum atomic E-state index is -0.701. The van der Waals surface area contributed by atoms with E-state index in [1.165, 1.54) is 31.4 Å². The molecule has 0 radical (unpaired) electrons. The molecule has 35 heavy (non-hydrogen) atoms. The summed E-state index contributed by atoms with van der Waals surface area (Å²) in [6, 6.07) is 15.6.